The first-order valence-corrected chi connectivity index (χ1v) is 23.1. The van der Waals surface area contributed by atoms with Gasteiger partial charge in [0.1, 0.15) is 0 Å². The number of aliphatic hydroxyl groups is 2. The molecule has 10 rings (SSSR count). The number of aliphatic hydroxyl groups excluding tert-OH is 2. The third-order valence-corrected chi connectivity index (χ3v) is 14.3. The van der Waals surface area contributed by atoms with Crippen LogP contribution in [0, 0.1) is 0 Å². The molecule has 4 aromatic carbocycles. The highest BCUT2D eigenvalue weighted by Gasteiger charge is 2.41. The van der Waals surface area contributed by atoms with E-state index >= 15 is 4.79 Å². The summed E-state index contributed by atoms with van der Waals surface area (Å²) < 4.78 is 0. The van der Waals surface area contributed by atoms with E-state index in [4.69, 9.17) is 0 Å². The van der Waals surface area contributed by atoms with Crippen LogP contribution in [-0.2, 0) is 43.8 Å². The second-order valence-corrected chi connectivity index (χ2v) is 18.0. The normalized spacial score (nSPS) is 20.1. The molecule has 0 spiro atoms. The van der Waals surface area contributed by atoms with Crippen molar-refractivity contribution in [3.8, 4) is 22.5 Å². The molecule has 6 heterocycles. The number of rotatable bonds is 14. The van der Waals surface area contributed by atoms with Gasteiger partial charge in [0, 0.05) is 136 Å². The largest absolute Gasteiger partial charge is 0.395 e. The summed E-state index contributed by atoms with van der Waals surface area (Å²) in [7, 11) is 0. The Morgan fingerprint density at radius 1 is 0.565 bits per heavy atom. The zero-order chi connectivity index (χ0) is 42.3. The van der Waals surface area contributed by atoms with Gasteiger partial charge in [0.05, 0.1) is 25.3 Å². The Labute approximate surface area is 365 Å². The highest BCUT2D eigenvalue weighted by atomic mass is 16.3. The molecular weight excluding hydrogens is 773 g/mol. The molecule has 2 saturated heterocycles. The highest BCUT2D eigenvalue weighted by Crippen LogP contribution is 2.44. The summed E-state index contributed by atoms with van der Waals surface area (Å²) in [5, 5.41) is 28.5. The van der Waals surface area contributed by atoms with Crippen LogP contribution in [0.4, 0.5) is 0 Å². The van der Waals surface area contributed by atoms with Crippen LogP contribution in [0.1, 0.15) is 70.4 Å². The van der Waals surface area contributed by atoms with Crippen molar-refractivity contribution in [2.24, 2.45) is 0 Å². The van der Waals surface area contributed by atoms with Gasteiger partial charge in [0.15, 0.2) is 5.78 Å². The van der Waals surface area contributed by atoms with Gasteiger partial charge in [0.25, 0.3) is 0 Å². The van der Waals surface area contributed by atoms with Crippen LogP contribution in [0.2, 0.25) is 0 Å². The van der Waals surface area contributed by atoms with Crippen molar-refractivity contribution in [1.82, 2.24) is 40.2 Å². The molecule has 0 saturated carbocycles. The molecule has 0 bridgehead atoms. The van der Waals surface area contributed by atoms with E-state index in [1.54, 1.807) is 0 Å². The van der Waals surface area contributed by atoms with E-state index < -0.39 is 12.1 Å². The van der Waals surface area contributed by atoms with Crippen LogP contribution in [-0.4, -0.2) is 124 Å². The monoisotopic (exact) mass is 834 g/mol. The maximum absolute atomic E-state index is 15.3. The molecule has 2 atom stereocenters. The van der Waals surface area contributed by atoms with E-state index in [1.165, 1.54) is 44.2 Å². The lowest BCUT2D eigenvalue weighted by Gasteiger charge is -2.34. The summed E-state index contributed by atoms with van der Waals surface area (Å²) in [6.07, 6.45) is 1.82. The number of aromatic nitrogens is 2. The third-order valence-electron chi connectivity index (χ3n) is 14.3. The number of carbonyl (C=O) groups is 1. The highest BCUT2D eigenvalue weighted by molar-refractivity contribution is 5.98. The van der Waals surface area contributed by atoms with E-state index in [1.807, 2.05) is 0 Å². The summed E-state index contributed by atoms with van der Waals surface area (Å²) in [4.78, 5) is 32.5. The van der Waals surface area contributed by atoms with E-state index in [-0.39, 0.29) is 19.0 Å². The lowest BCUT2D eigenvalue weighted by Crippen LogP contribution is -2.46. The van der Waals surface area contributed by atoms with Crippen LogP contribution < -0.4 is 10.6 Å². The first-order valence-electron chi connectivity index (χ1n) is 23.1. The van der Waals surface area contributed by atoms with Crippen LogP contribution in [0.3, 0.4) is 0 Å². The molecular formula is C51H62N8O3. The number of nitrogens with zero attached hydrogens (tertiary/aromatic N) is 4. The minimum absolute atomic E-state index is 0.168. The standard InChI is InChI=1S/C51H62N8O3/c1-3-35-7-9-39(45-27-37-25-33(5-11-43(37)54-45)31-58-17-13-56(14-18-58)21-23-60)47-41(35)29-52-49(47)51(62)50-48-40(10-8-36(4-2)42(48)30-53-50)46-28-38-26-34(6-12-44(38)55-46)32-59-19-15-57(16-20-59)22-24-61/h5-12,25-28,49-50,52-55,60-61H,3-4,13-24,29-32H2,1-2H3. The predicted molar refractivity (Wildman–Crippen MR) is 248 cm³/mol. The van der Waals surface area contributed by atoms with Gasteiger partial charge < -0.3 is 20.2 Å². The average Bonchev–Trinajstić information content (AvgIpc) is 4.12. The van der Waals surface area contributed by atoms with Crippen molar-refractivity contribution in [2.45, 2.75) is 65.0 Å². The number of β-amino-alcohol motifs (C(OH)–C–C–N with tert-alkyl or cyclic N) is 2. The molecule has 4 aliphatic rings. The summed E-state index contributed by atoms with van der Waals surface area (Å²) in [5.41, 5.74) is 16.4. The van der Waals surface area contributed by atoms with E-state index in [9.17, 15) is 10.2 Å². The number of fused-ring (bicyclic) bond motifs is 4. The molecule has 2 aromatic heterocycles. The van der Waals surface area contributed by atoms with Gasteiger partial charge in [-0.3, -0.25) is 35.0 Å². The Morgan fingerprint density at radius 2 is 0.984 bits per heavy atom. The number of H-pyrrole nitrogens is 2. The van der Waals surface area contributed by atoms with Crippen LogP contribution in [0.25, 0.3) is 44.3 Å². The molecule has 0 amide bonds. The van der Waals surface area contributed by atoms with Crippen molar-refractivity contribution in [3.05, 3.63) is 117 Å². The molecule has 0 radical (unpaired) electrons. The van der Waals surface area contributed by atoms with Crippen molar-refractivity contribution < 1.29 is 15.0 Å². The second kappa shape index (κ2) is 17.8. The number of benzene rings is 4. The first kappa shape index (κ1) is 41.3. The van der Waals surface area contributed by atoms with Crippen molar-refractivity contribution >= 4 is 27.6 Å². The fraction of sp³-hybridized carbons (Fsp3) is 0.431. The number of nitrogens with one attached hydrogen (secondary N) is 4. The number of aromatic amines is 2. The molecule has 2 unspecified atom stereocenters. The summed E-state index contributed by atoms with van der Waals surface area (Å²) in [6, 6.07) is 26.1. The number of Topliss-reactive ketones (excluding diaryl/α,β-unsaturated/α-hetero) is 1. The number of piperazine rings is 2. The summed E-state index contributed by atoms with van der Waals surface area (Å²) >= 11 is 0. The van der Waals surface area contributed by atoms with Gasteiger partial charge in [0.2, 0.25) is 0 Å². The molecule has 324 valence electrons. The van der Waals surface area contributed by atoms with Crippen molar-refractivity contribution in [1.29, 1.82) is 0 Å². The van der Waals surface area contributed by atoms with Gasteiger partial charge in [-0.2, -0.15) is 0 Å². The van der Waals surface area contributed by atoms with E-state index in [2.05, 4.69) is 127 Å². The lowest BCUT2D eigenvalue weighted by atomic mass is 9.85. The first-order chi connectivity index (χ1) is 30.4. The molecule has 4 aliphatic heterocycles. The quantitative estimate of drug-likeness (QED) is 0.0798. The Bertz CT molecular complexity index is 2400. The number of aryl methyl sites for hydroxylation is 2. The SMILES string of the molecule is CCc1ccc(-c2cc3cc(CN4CCN(CCO)CC4)ccc3[nH]2)c2c1CNC2C(=O)C1NCc2c(CC)ccc(-c3cc4cc(CN5CCN(CCO)CC5)ccc4[nH]3)c21. The fourth-order valence-electron chi connectivity index (χ4n) is 10.9. The van der Waals surface area contributed by atoms with Gasteiger partial charge in [-0.1, -0.05) is 50.2 Å². The molecule has 2 fully saturated rings. The number of hydrogen-bond donors (Lipinski definition) is 6. The molecule has 6 aromatic rings. The topological polar surface area (TPSA) is 126 Å². The number of hydrogen-bond acceptors (Lipinski definition) is 9. The minimum Gasteiger partial charge on any atom is -0.395 e. The zero-order valence-electron chi connectivity index (χ0n) is 36.4. The van der Waals surface area contributed by atoms with Gasteiger partial charge in [-0.05, 0) is 93.7 Å². The molecule has 11 heteroatoms. The Balaban J connectivity index is 0.932. The van der Waals surface area contributed by atoms with E-state index in [0.717, 1.165) is 136 Å². The summed E-state index contributed by atoms with van der Waals surface area (Å²) in [5.74, 6) is 0.168. The predicted octanol–water partition coefficient (Wildman–Crippen LogP) is 5.89. The maximum Gasteiger partial charge on any atom is 0.175 e. The Hall–Kier alpha value is -4.69. The molecule has 6 N–H and O–H groups in total. The molecule has 62 heavy (non-hydrogen) atoms. The average molecular weight is 835 g/mol. The maximum atomic E-state index is 15.3. The van der Waals surface area contributed by atoms with E-state index in [0.29, 0.717) is 13.1 Å². The number of ketones is 1. The Morgan fingerprint density at radius 3 is 1.39 bits per heavy atom. The van der Waals surface area contributed by atoms with Gasteiger partial charge >= 0.3 is 0 Å². The van der Waals surface area contributed by atoms with Gasteiger partial charge in [-0.25, -0.2) is 0 Å². The van der Waals surface area contributed by atoms with Gasteiger partial charge in [-0.15, -0.1) is 0 Å². The second-order valence-electron chi connectivity index (χ2n) is 18.0. The minimum atomic E-state index is -0.449. The molecule has 0 aliphatic carbocycles. The number of carbonyl (C=O) groups excluding carboxylic acids is 1. The lowest BCUT2D eigenvalue weighted by molar-refractivity contribution is -0.123. The van der Waals surface area contributed by atoms with Crippen LogP contribution in [0.15, 0.2) is 72.8 Å². The zero-order valence-corrected chi connectivity index (χ0v) is 36.4. The third kappa shape index (κ3) is 7.94. The smallest absolute Gasteiger partial charge is 0.175 e. The fourth-order valence-corrected chi connectivity index (χ4v) is 10.9. The van der Waals surface area contributed by atoms with Crippen LogP contribution in [0.5, 0.6) is 0 Å². The van der Waals surface area contributed by atoms with Crippen LogP contribution >= 0.6 is 0 Å². The summed E-state index contributed by atoms with van der Waals surface area (Å²) in [6.45, 7) is 17.5. The molecule has 11 nitrogen and oxygen atoms in total. The van der Waals surface area contributed by atoms with Crippen molar-refractivity contribution in [2.75, 3.05) is 78.7 Å². The Kier molecular flexibility index (Phi) is 11.9. The van der Waals surface area contributed by atoms with Crippen molar-refractivity contribution in [3.63, 3.8) is 0 Å².